The minimum Gasteiger partial charge on any atom is -0.424 e. The molecule has 0 fully saturated rings. The van der Waals surface area contributed by atoms with Crippen LogP contribution in [0.15, 0.2) is 36.7 Å². The van der Waals surface area contributed by atoms with Crippen molar-refractivity contribution in [1.82, 2.24) is 4.40 Å². The Bertz CT molecular complexity index is 520. The maximum atomic E-state index is 11.7. The summed E-state index contributed by atoms with van der Waals surface area (Å²) in [5.41, 5.74) is 0.420. The van der Waals surface area contributed by atoms with Gasteiger partial charge in [-0.25, -0.2) is 0 Å². The predicted molar refractivity (Wildman–Crippen MR) is 62.5 cm³/mol. The highest BCUT2D eigenvalue weighted by Crippen LogP contribution is 2.24. The van der Waals surface area contributed by atoms with Gasteiger partial charge in [-0.2, -0.15) is 0 Å². The van der Waals surface area contributed by atoms with Gasteiger partial charge in [0.2, 0.25) is 0 Å². The van der Waals surface area contributed by atoms with Gasteiger partial charge >= 0.3 is 5.97 Å². The van der Waals surface area contributed by atoms with Crippen molar-refractivity contribution < 1.29 is 9.53 Å². The van der Waals surface area contributed by atoms with E-state index in [1.807, 2.05) is 55.8 Å². The van der Waals surface area contributed by atoms with E-state index in [9.17, 15) is 4.79 Å². The van der Waals surface area contributed by atoms with Crippen molar-refractivity contribution in [2.45, 2.75) is 20.8 Å². The SMILES string of the molecule is CC(C)(C)C(=O)Oc1ccn2ccccc12. The molecule has 3 heteroatoms. The average Bonchev–Trinajstić information content (AvgIpc) is 2.61. The molecule has 0 N–H and O–H groups in total. The van der Waals surface area contributed by atoms with Crippen molar-refractivity contribution in [2.24, 2.45) is 5.41 Å². The van der Waals surface area contributed by atoms with Crippen LogP contribution in [0.25, 0.3) is 5.52 Å². The quantitative estimate of drug-likeness (QED) is 0.688. The summed E-state index contributed by atoms with van der Waals surface area (Å²) in [7, 11) is 0. The van der Waals surface area contributed by atoms with Gasteiger partial charge in [-0.05, 0) is 39.0 Å². The lowest BCUT2D eigenvalue weighted by atomic mass is 9.97. The van der Waals surface area contributed by atoms with Crippen molar-refractivity contribution in [3.63, 3.8) is 0 Å². The number of carbonyl (C=O) groups excluding carboxylic acids is 1. The smallest absolute Gasteiger partial charge is 0.316 e. The highest BCUT2D eigenvalue weighted by Gasteiger charge is 2.24. The molecule has 84 valence electrons. The lowest BCUT2D eigenvalue weighted by Crippen LogP contribution is -2.25. The van der Waals surface area contributed by atoms with E-state index in [2.05, 4.69) is 0 Å². The first kappa shape index (κ1) is 10.7. The van der Waals surface area contributed by atoms with Crippen molar-refractivity contribution in [3.8, 4) is 5.75 Å². The second-order valence-corrected chi connectivity index (χ2v) is 4.81. The molecule has 0 atom stereocenters. The lowest BCUT2D eigenvalue weighted by Gasteiger charge is -2.15. The maximum absolute atomic E-state index is 11.7. The summed E-state index contributed by atoms with van der Waals surface area (Å²) in [6.07, 6.45) is 3.80. The van der Waals surface area contributed by atoms with E-state index in [1.54, 1.807) is 6.07 Å². The number of pyridine rings is 1. The fourth-order valence-electron chi connectivity index (χ4n) is 1.37. The summed E-state index contributed by atoms with van der Waals surface area (Å²) in [4.78, 5) is 11.7. The molecule has 3 nitrogen and oxygen atoms in total. The second kappa shape index (κ2) is 3.67. The summed E-state index contributed by atoms with van der Waals surface area (Å²) in [5, 5.41) is 0. The molecule has 0 unspecified atom stereocenters. The van der Waals surface area contributed by atoms with E-state index in [0.29, 0.717) is 5.75 Å². The first-order valence-electron chi connectivity index (χ1n) is 5.26. The highest BCUT2D eigenvalue weighted by atomic mass is 16.5. The molecule has 0 amide bonds. The van der Waals surface area contributed by atoms with E-state index in [-0.39, 0.29) is 5.97 Å². The van der Waals surface area contributed by atoms with Crippen LogP contribution < -0.4 is 4.74 Å². The zero-order valence-electron chi connectivity index (χ0n) is 9.73. The third-order valence-corrected chi connectivity index (χ3v) is 2.34. The molecule has 0 aromatic carbocycles. The summed E-state index contributed by atoms with van der Waals surface area (Å²) < 4.78 is 7.29. The van der Waals surface area contributed by atoms with E-state index in [4.69, 9.17) is 4.74 Å². The van der Waals surface area contributed by atoms with Crippen LogP contribution in [-0.2, 0) is 4.79 Å². The molecular weight excluding hydrogens is 202 g/mol. The molecule has 0 bridgehead atoms. The van der Waals surface area contributed by atoms with Gasteiger partial charge in [0.25, 0.3) is 0 Å². The molecule has 2 heterocycles. The van der Waals surface area contributed by atoms with Gasteiger partial charge in [0, 0.05) is 12.4 Å². The Labute approximate surface area is 94.6 Å². The number of hydrogen-bond acceptors (Lipinski definition) is 2. The molecule has 2 aromatic rings. The Morgan fingerprint density at radius 1 is 1.19 bits per heavy atom. The minimum atomic E-state index is -0.483. The Kier molecular flexibility index (Phi) is 2.46. The first-order chi connectivity index (χ1) is 7.48. The second-order valence-electron chi connectivity index (χ2n) is 4.81. The number of aromatic nitrogens is 1. The van der Waals surface area contributed by atoms with Crippen LogP contribution in [0.5, 0.6) is 5.75 Å². The molecule has 0 spiro atoms. The van der Waals surface area contributed by atoms with Crippen molar-refractivity contribution in [2.75, 3.05) is 0 Å². The summed E-state index contributed by atoms with van der Waals surface area (Å²) >= 11 is 0. The van der Waals surface area contributed by atoms with Crippen molar-refractivity contribution in [1.29, 1.82) is 0 Å². The van der Waals surface area contributed by atoms with Crippen LogP contribution in [-0.4, -0.2) is 10.4 Å². The molecule has 2 rings (SSSR count). The third-order valence-electron chi connectivity index (χ3n) is 2.34. The Balaban J connectivity index is 2.32. The van der Waals surface area contributed by atoms with E-state index in [1.165, 1.54) is 0 Å². The van der Waals surface area contributed by atoms with Crippen LogP contribution >= 0.6 is 0 Å². The Morgan fingerprint density at radius 3 is 2.62 bits per heavy atom. The third kappa shape index (κ3) is 1.94. The first-order valence-corrected chi connectivity index (χ1v) is 5.26. The number of carbonyl (C=O) groups is 1. The predicted octanol–water partition coefficient (Wildman–Crippen LogP) is 2.89. The summed E-state index contributed by atoms with van der Waals surface area (Å²) in [5.74, 6) is 0.393. The summed E-state index contributed by atoms with van der Waals surface area (Å²) in [6, 6.07) is 7.58. The zero-order chi connectivity index (χ0) is 11.8. The van der Waals surface area contributed by atoms with Gasteiger partial charge in [-0.1, -0.05) is 6.07 Å². The number of fused-ring (bicyclic) bond motifs is 1. The van der Waals surface area contributed by atoms with Gasteiger partial charge in [0.1, 0.15) is 0 Å². The number of esters is 1. The molecule has 0 aliphatic heterocycles. The Morgan fingerprint density at radius 2 is 1.94 bits per heavy atom. The van der Waals surface area contributed by atoms with E-state index in [0.717, 1.165) is 5.52 Å². The molecule has 0 saturated carbocycles. The molecule has 0 saturated heterocycles. The van der Waals surface area contributed by atoms with E-state index < -0.39 is 5.41 Å². The van der Waals surface area contributed by atoms with Gasteiger partial charge in [0.15, 0.2) is 5.75 Å². The number of hydrogen-bond donors (Lipinski definition) is 0. The zero-order valence-corrected chi connectivity index (χ0v) is 9.73. The number of ether oxygens (including phenoxy) is 1. The van der Waals surface area contributed by atoms with Crippen LogP contribution in [0.1, 0.15) is 20.8 Å². The van der Waals surface area contributed by atoms with Gasteiger partial charge in [-0.15, -0.1) is 0 Å². The van der Waals surface area contributed by atoms with Gasteiger partial charge < -0.3 is 9.14 Å². The molecular formula is C13H15NO2. The molecule has 2 aromatic heterocycles. The van der Waals surface area contributed by atoms with Gasteiger partial charge in [0.05, 0.1) is 10.9 Å². The van der Waals surface area contributed by atoms with Gasteiger partial charge in [-0.3, -0.25) is 4.79 Å². The molecule has 0 aliphatic carbocycles. The monoisotopic (exact) mass is 217 g/mol. The Hall–Kier alpha value is -1.77. The van der Waals surface area contributed by atoms with Crippen LogP contribution in [0.3, 0.4) is 0 Å². The normalized spacial score (nSPS) is 11.7. The van der Waals surface area contributed by atoms with Crippen LogP contribution in [0.2, 0.25) is 0 Å². The van der Waals surface area contributed by atoms with Crippen LogP contribution in [0.4, 0.5) is 0 Å². The van der Waals surface area contributed by atoms with Crippen molar-refractivity contribution >= 4 is 11.5 Å². The number of nitrogens with zero attached hydrogens (tertiary/aromatic N) is 1. The average molecular weight is 217 g/mol. The topological polar surface area (TPSA) is 30.7 Å². The fourth-order valence-corrected chi connectivity index (χ4v) is 1.37. The van der Waals surface area contributed by atoms with E-state index >= 15 is 0 Å². The minimum absolute atomic E-state index is 0.218. The van der Waals surface area contributed by atoms with Crippen LogP contribution in [0, 0.1) is 5.41 Å². The highest BCUT2D eigenvalue weighted by molar-refractivity contribution is 5.80. The largest absolute Gasteiger partial charge is 0.424 e. The standard InChI is InChI=1S/C13H15NO2/c1-13(2,3)12(15)16-11-7-9-14-8-5-4-6-10(11)14/h4-9H,1-3H3. The fraction of sp³-hybridized carbons (Fsp3) is 0.308. The molecule has 0 aliphatic rings. The lowest BCUT2D eigenvalue weighted by molar-refractivity contribution is -0.142. The molecule has 0 radical (unpaired) electrons. The summed E-state index contributed by atoms with van der Waals surface area (Å²) in [6.45, 7) is 5.52. The maximum Gasteiger partial charge on any atom is 0.316 e. The number of rotatable bonds is 1. The van der Waals surface area contributed by atoms with Crippen molar-refractivity contribution in [3.05, 3.63) is 36.7 Å². The molecule has 16 heavy (non-hydrogen) atoms.